The third-order valence-corrected chi connectivity index (χ3v) is 7.36. The van der Waals surface area contributed by atoms with E-state index in [1.54, 1.807) is 4.90 Å². The molecule has 0 heterocycles. The molecular weight excluding hydrogens is 535 g/mol. The van der Waals surface area contributed by atoms with Crippen LogP contribution >= 0.6 is 0 Å². The third kappa shape index (κ3) is 24.7. The van der Waals surface area contributed by atoms with Gasteiger partial charge in [0, 0.05) is 11.1 Å². The van der Waals surface area contributed by atoms with Gasteiger partial charge >= 0.3 is 0 Å². The van der Waals surface area contributed by atoms with Crippen LogP contribution in [0.25, 0.3) is 0 Å². The fourth-order valence-corrected chi connectivity index (χ4v) is 4.89. The van der Waals surface area contributed by atoms with Crippen LogP contribution in [-0.2, 0) is 17.9 Å². The van der Waals surface area contributed by atoms with Crippen LogP contribution in [-0.4, -0.2) is 19.2 Å². The van der Waals surface area contributed by atoms with Crippen LogP contribution in [0.15, 0.2) is 60.7 Å². The van der Waals surface area contributed by atoms with E-state index in [-0.39, 0.29) is 24.8 Å². The minimum atomic E-state index is 0. The molecule has 0 amide bonds. The van der Waals surface area contributed by atoms with Crippen LogP contribution < -0.4 is 35.2 Å². The maximum atomic E-state index is 5.82. The van der Waals surface area contributed by atoms with Crippen molar-refractivity contribution in [3.8, 4) is 0 Å². The van der Waals surface area contributed by atoms with Gasteiger partial charge in [-0.2, -0.15) is 5.48 Å². The molecule has 0 aliphatic heterocycles. The molecule has 2 unspecified atom stereocenters. The normalized spacial score (nSPS) is 11.9. The smallest absolute Gasteiger partial charge is 0.131 e. The van der Waals surface area contributed by atoms with Crippen molar-refractivity contribution < 1.29 is 40.0 Å². The van der Waals surface area contributed by atoms with E-state index in [0.717, 1.165) is 6.54 Å². The highest BCUT2D eigenvalue weighted by Gasteiger charge is 2.06. The minimum Gasteiger partial charge on any atom is -1.00 e. The summed E-state index contributed by atoms with van der Waals surface area (Å²) in [7, 11) is 0. The van der Waals surface area contributed by atoms with E-state index in [9.17, 15) is 0 Å². The van der Waals surface area contributed by atoms with Crippen molar-refractivity contribution >= 4 is 0 Å². The standard InChI is InChI=1S/C23H41NO.C12H19N.2ClH/c1-3-4-5-6-7-8-9-10-11-12-13-15-18-22(2)25-24-21-23-19-16-14-17-20-23;1-3-10-13(4-2)11-12-8-6-5-7-9-12;;/h14,16-17,19-20,22,24H,3-13,15,18,21H2,1-2H3;5-9H,3-4,10-11H2,1-2H3;2*1H. The molecule has 0 bridgehead atoms. The van der Waals surface area contributed by atoms with Gasteiger partial charge in [-0.15, -0.1) is 0 Å². The van der Waals surface area contributed by atoms with Gasteiger partial charge < -0.3 is 29.7 Å². The Morgan fingerprint density at radius 3 is 1.57 bits per heavy atom. The maximum Gasteiger partial charge on any atom is 0.131 e. The van der Waals surface area contributed by atoms with Gasteiger partial charge in [-0.1, -0.05) is 152 Å². The highest BCUT2D eigenvalue weighted by molar-refractivity contribution is 5.13. The lowest BCUT2D eigenvalue weighted by Gasteiger charge is -2.16. The Labute approximate surface area is 261 Å². The number of benzene rings is 2. The molecule has 2 aromatic rings. The van der Waals surface area contributed by atoms with Crippen molar-refractivity contribution in [2.75, 3.05) is 13.1 Å². The molecule has 3 N–H and O–H groups in total. The van der Waals surface area contributed by atoms with E-state index >= 15 is 0 Å². The molecule has 0 spiro atoms. The van der Waals surface area contributed by atoms with Crippen molar-refractivity contribution in [2.45, 2.75) is 137 Å². The first kappa shape index (κ1) is 41.0. The topological polar surface area (TPSA) is 30.3 Å². The molecule has 5 heteroatoms. The van der Waals surface area contributed by atoms with Crippen molar-refractivity contribution in [3.63, 3.8) is 0 Å². The molecule has 0 aliphatic rings. The lowest BCUT2D eigenvalue weighted by Crippen LogP contribution is -3.10. The van der Waals surface area contributed by atoms with Gasteiger partial charge in [-0.05, 0) is 26.7 Å². The average molecular weight is 598 g/mol. The number of nitrogens with two attached hydrogens (primary N) is 1. The molecule has 40 heavy (non-hydrogen) atoms. The fourth-order valence-electron chi connectivity index (χ4n) is 4.89. The summed E-state index contributed by atoms with van der Waals surface area (Å²) >= 11 is 0. The number of quaternary nitrogens is 2. The van der Waals surface area contributed by atoms with Crippen LogP contribution in [0.2, 0.25) is 0 Å². The molecule has 232 valence electrons. The minimum absolute atomic E-state index is 0. The van der Waals surface area contributed by atoms with Gasteiger partial charge in [-0.3, -0.25) is 0 Å². The lowest BCUT2D eigenvalue weighted by atomic mass is 10.0. The number of rotatable bonds is 22. The number of nitrogens with one attached hydrogen (secondary N) is 1. The zero-order valence-electron chi connectivity index (χ0n) is 26.3. The fraction of sp³-hybridized carbons (Fsp3) is 0.657. The molecule has 0 saturated heterocycles. The van der Waals surface area contributed by atoms with Gasteiger partial charge in [0.15, 0.2) is 0 Å². The molecule has 2 aromatic carbocycles. The lowest BCUT2D eigenvalue weighted by molar-refractivity contribution is -0.915. The number of hydroxylamine groups is 1. The van der Waals surface area contributed by atoms with Gasteiger partial charge in [0.05, 0.1) is 13.1 Å². The van der Waals surface area contributed by atoms with Crippen LogP contribution in [0.5, 0.6) is 0 Å². The summed E-state index contributed by atoms with van der Waals surface area (Å²) in [5.41, 5.74) is 4.74. The summed E-state index contributed by atoms with van der Waals surface area (Å²) in [4.78, 5) is 7.50. The maximum absolute atomic E-state index is 5.82. The van der Waals surface area contributed by atoms with Gasteiger partial charge in [0.2, 0.25) is 0 Å². The first-order valence-electron chi connectivity index (χ1n) is 16.1. The van der Waals surface area contributed by atoms with E-state index < -0.39 is 0 Å². The summed E-state index contributed by atoms with van der Waals surface area (Å²) < 4.78 is 0. The molecule has 0 aliphatic carbocycles. The SMILES string of the molecule is CCCCCCCCCCCCCCC(C)O[NH2+]Cc1ccccc1.CCC[NH+](CC)Cc1ccccc1.[Cl-].[Cl-]. The zero-order valence-corrected chi connectivity index (χ0v) is 27.8. The highest BCUT2D eigenvalue weighted by Crippen LogP contribution is 2.13. The second-order valence-corrected chi connectivity index (χ2v) is 11.0. The Morgan fingerprint density at radius 1 is 0.625 bits per heavy atom. The monoisotopic (exact) mass is 596 g/mol. The number of hydrogen-bond acceptors (Lipinski definition) is 1. The van der Waals surface area contributed by atoms with Crippen molar-refractivity contribution in [1.29, 1.82) is 0 Å². The Balaban J connectivity index is 0. The molecule has 3 nitrogen and oxygen atoms in total. The summed E-state index contributed by atoms with van der Waals surface area (Å²) in [5, 5.41) is 0. The predicted octanol–water partition coefficient (Wildman–Crippen LogP) is 1.67. The molecule has 0 radical (unpaired) electrons. The Bertz CT molecular complexity index is 733. The largest absolute Gasteiger partial charge is 1.00 e. The van der Waals surface area contributed by atoms with E-state index in [2.05, 4.69) is 88.4 Å². The summed E-state index contributed by atoms with van der Waals surface area (Å²) in [6.45, 7) is 13.6. The summed E-state index contributed by atoms with van der Waals surface area (Å²) in [5.74, 6) is 0. The molecule has 0 aromatic heterocycles. The molecule has 0 saturated carbocycles. The van der Waals surface area contributed by atoms with Crippen molar-refractivity contribution in [1.82, 2.24) is 0 Å². The first-order valence-corrected chi connectivity index (χ1v) is 16.1. The molecular formula is C35H62Cl2N2O. The third-order valence-electron chi connectivity index (χ3n) is 7.36. The van der Waals surface area contributed by atoms with Crippen LogP contribution in [0.4, 0.5) is 0 Å². The number of hydrogen-bond donors (Lipinski definition) is 2. The van der Waals surface area contributed by atoms with Crippen molar-refractivity contribution in [3.05, 3.63) is 71.8 Å². The number of halogens is 2. The summed E-state index contributed by atoms with van der Waals surface area (Å²) in [6.07, 6.45) is 19.8. The Hall–Kier alpha value is -1.10. The van der Waals surface area contributed by atoms with Gasteiger partial charge in [0.25, 0.3) is 0 Å². The average Bonchev–Trinajstić information content (AvgIpc) is 2.95. The van der Waals surface area contributed by atoms with Gasteiger partial charge in [0.1, 0.15) is 19.2 Å². The molecule has 2 atom stereocenters. The Morgan fingerprint density at radius 2 is 1.10 bits per heavy atom. The predicted molar refractivity (Wildman–Crippen MR) is 165 cm³/mol. The van der Waals surface area contributed by atoms with E-state index in [0.29, 0.717) is 6.10 Å². The quantitative estimate of drug-likeness (QED) is 0.157. The van der Waals surface area contributed by atoms with Crippen molar-refractivity contribution in [2.24, 2.45) is 0 Å². The molecule has 2 rings (SSSR count). The molecule has 0 fully saturated rings. The van der Waals surface area contributed by atoms with Crippen LogP contribution in [0.3, 0.4) is 0 Å². The van der Waals surface area contributed by atoms with Crippen LogP contribution in [0.1, 0.15) is 129 Å². The van der Waals surface area contributed by atoms with E-state index in [1.165, 1.54) is 121 Å². The Kier molecular flexibility index (Phi) is 31.6. The number of unbranched alkanes of at least 4 members (excludes halogenated alkanes) is 11. The first-order chi connectivity index (χ1) is 18.7. The highest BCUT2D eigenvalue weighted by atomic mass is 35.5. The zero-order chi connectivity index (χ0) is 27.5. The second-order valence-electron chi connectivity index (χ2n) is 11.0. The summed E-state index contributed by atoms with van der Waals surface area (Å²) in [6, 6.07) is 21.3. The van der Waals surface area contributed by atoms with Crippen LogP contribution in [0, 0.1) is 0 Å². The van der Waals surface area contributed by atoms with E-state index in [1.807, 2.05) is 5.48 Å². The van der Waals surface area contributed by atoms with E-state index in [4.69, 9.17) is 4.84 Å². The second kappa shape index (κ2) is 30.8. The van der Waals surface area contributed by atoms with Gasteiger partial charge in [-0.25, -0.2) is 4.84 Å².